The third kappa shape index (κ3) is 3.91. The van der Waals surface area contributed by atoms with E-state index in [1.807, 2.05) is 0 Å². The minimum absolute atomic E-state index is 0.0873. The van der Waals surface area contributed by atoms with Crippen LogP contribution in [0.1, 0.15) is 12.0 Å². The first-order valence-electron chi connectivity index (χ1n) is 6.71. The van der Waals surface area contributed by atoms with Gasteiger partial charge in [0.15, 0.2) is 11.6 Å². The molecule has 0 spiro atoms. The van der Waals surface area contributed by atoms with Gasteiger partial charge < -0.3 is 20.1 Å². The molecule has 0 aromatic heterocycles. The van der Waals surface area contributed by atoms with Crippen LogP contribution in [0.2, 0.25) is 0 Å². The fraction of sp³-hybridized carbons (Fsp3) is 0.500. The van der Waals surface area contributed by atoms with Crippen LogP contribution in [0.3, 0.4) is 0 Å². The maximum absolute atomic E-state index is 13.1. The summed E-state index contributed by atoms with van der Waals surface area (Å²) in [6.07, 6.45) is 0.385. The molecule has 1 aromatic rings. The summed E-state index contributed by atoms with van der Waals surface area (Å²) in [5.74, 6) is -0.877. The lowest BCUT2D eigenvalue weighted by Gasteiger charge is -2.26. The number of nitrogens with one attached hydrogen (secondary N) is 1. The SMILES string of the molecule is O=C(CCNCc1cccc(F)c1O)N1CCOCC1. The molecule has 6 heteroatoms. The predicted molar refractivity (Wildman–Crippen MR) is 71.8 cm³/mol. The highest BCUT2D eigenvalue weighted by molar-refractivity contribution is 5.76. The van der Waals surface area contributed by atoms with Crippen molar-refractivity contribution in [2.75, 3.05) is 32.8 Å². The minimum Gasteiger partial charge on any atom is -0.505 e. The molecule has 1 saturated heterocycles. The summed E-state index contributed by atoms with van der Waals surface area (Å²) in [7, 11) is 0. The van der Waals surface area contributed by atoms with Gasteiger partial charge in [0.1, 0.15) is 0 Å². The van der Waals surface area contributed by atoms with E-state index in [4.69, 9.17) is 4.74 Å². The highest BCUT2D eigenvalue weighted by Crippen LogP contribution is 2.20. The van der Waals surface area contributed by atoms with Crippen molar-refractivity contribution in [1.82, 2.24) is 10.2 Å². The zero-order valence-electron chi connectivity index (χ0n) is 11.3. The normalized spacial score (nSPS) is 15.3. The van der Waals surface area contributed by atoms with Gasteiger partial charge in [-0.1, -0.05) is 12.1 Å². The molecule has 0 unspecified atom stereocenters. The quantitative estimate of drug-likeness (QED) is 0.787. The van der Waals surface area contributed by atoms with Crippen LogP contribution in [0.4, 0.5) is 4.39 Å². The zero-order chi connectivity index (χ0) is 14.4. The Balaban J connectivity index is 1.70. The van der Waals surface area contributed by atoms with Gasteiger partial charge in [0, 0.05) is 38.2 Å². The number of phenols is 1. The van der Waals surface area contributed by atoms with Gasteiger partial charge in [-0.05, 0) is 6.07 Å². The summed E-state index contributed by atoms with van der Waals surface area (Å²) in [5, 5.41) is 12.5. The largest absolute Gasteiger partial charge is 0.505 e. The number of benzene rings is 1. The van der Waals surface area contributed by atoms with Gasteiger partial charge in [-0.15, -0.1) is 0 Å². The molecule has 1 aromatic carbocycles. The molecule has 2 N–H and O–H groups in total. The summed E-state index contributed by atoms with van der Waals surface area (Å²) < 4.78 is 18.3. The van der Waals surface area contributed by atoms with Gasteiger partial charge in [-0.3, -0.25) is 4.79 Å². The molecule has 5 nitrogen and oxygen atoms in total. The van der Waals surface area contributed by atoms with E-state index < -0.39 is 5.82 Å². The van der Waals surface area contributed by atoms with E-state index >= 15 is 0 Å². The summed E-state index contributed by atoms with van der Waals surface area (Å²) in [4.78, 5) is 13.6. The molecule has 0 saturated carbocycles. The first kappa shape index (κ1) is 14.7. The summed E-state index contributed by atoms with van der Waals surface area (Å²) in [5.41, 5.74) is 0.490. The fourth-order valence-electron chi connectivity index (χ4n) is 2.09. The Labute approximate surface area is 117 Å². The summed E-state index contributed by atoms with van der Waals surface area (Å²) >= 11 is 0. The molecule has 0 aliphatic carbocycles. The van der Waals surface area contributed by atoms with Crippen LogP contribution in [0.25, 0.3) is 0 Å². The van der Waals surface area contributed by atoms with E-state index in [0.717, 1.165) is 0 Å². The van der Waals surface area contributed by atoms with Crippen LogP contribution in [0, 0.1) is 5.82 Å². The Morgan fingerprint density at radius 3 is 2.90 bits per heavy atom. The monoisotopic (exact) mass is 282 g/mol. The standard InChI is InChI=1S/C14H19FN2O3/c15-12-3-1-2-11(14(12)19)10-16-5-4-13(18)17-6-8-20-9-7-17/h1-3,16,19H,4-10H2. The zero-order valence-corrected chi connectivity index (χ0v) is 11.3. The molecule has 1 aliphatic heterocycles. The Kier molecular flexibility index (Phi) is 5.31. The predicted octanol–water partition coefficient (Wildman–Crippen LogP) is 0.870. The maximum atomic E-state index is 13.1. The van der Waals surface area contributed by atoms with Gasteiger partial charge >= 0.3 is 0 Å². The molecule has 1 heterocycles. The van der Waals surface area contributed by atoms with Crippen molar-refractivity contribution in [3.63, 3.8) is 0 Å². The highest BCUT2D eigenvalue weighted by atomic mass is 19.1. The second-order valence-corrected chi connectivity index (χ2v) is 4.67. The van der Waals surface area contributed by atoms with Crippen molar-refractivity contribution in [3.05, 3.63) is 29.6 Å². The van der Waals surface area contributed by atoms with E-state index in [1.165, 1.54) is 6.07 Å². The van der Waals surface area contributed by atoms with Crippen molar-refractivity contribution in [2.45, 2.75) is 13.0 Å². The number of carbonyl (C=O) groups excluding carboxylic acids is 1. The van der Waals surface area contributed by atoms with Gasteiger partial charge in [0.2, 0.25) is 5.91 Å². The first-order valence-corrected chi connectivity index (χ1v) is 6.71. The summed E-state index contributed by atoms with van der Waals surface area (Å²) in [6.45, 7) is 3.30. The second kappa shape index (κ2) is 7.21. The molecule has 110 valence electrons. The Morgan fingerprint density at radius 1 is 1.40 bits per heavy atom. The molecular formula is C14H19FN2O3. The van der Waals surface area contributed by atoms with Gasteiger partial charge in [-0.2, -0.15) is 0 Å². The van der Waals surface area contributed by atoms with Crippen LogP contribution >= 0.6 is 0 Å². The average Bonchev–Trinajstić information content (AvgIpc) is 2.48. The molecule has 1 aliphatic rings. The van der Waals surface area contributed by atoms with Gasteiger partial charge in [0.25, 0.3) is 0 Å². The van der Waals surface area contributed by atoms with E-state index in [1.54, 1.807) is 17.0 Å². The molecule has 0 radical (unpaired) electrons. The van der Waals surface area contributed by atoms with Crippen LogP contribution in [-0.2, 0) is 16.1 Å². The number of carbonyl (C=O) groups is 1. The fourth-order valence-corrected chi connectivity index (χ4v) is 2.09. The van der Waals surface area contributed by atoms with Gasteiger partial charge in [-0.25, -0.2) is 4.39 Å². The lowest BCUT2D eigenvalue weighted by Crippen LogP contribution is -2.41. The lowest BCUT2D eigenvalue weighted by molar-refractivity contribution is -0.135. The van der Waals surface area contributed by atoms with E-state index in [-0.39, 0.29) is 11.7 Å². The third-order valence-electron chi connectivity index (χ3n) is 3.27. The van der Waals surface area contributed by atoms with Crippen molar-refractivity contribution < 1.29 is 19.0 Å². The smallest absolute Gasteiger partial charge is 0.224 e. The topological polar surface area (TPSA) is 61.8 Å². The number of nitrogens with zero attached hydrogens (tertiary/aromatic N) is 1. The molecule has 1 amide bonds. The van der Waals surface area contributed by atoms with Crippen molar-refractivity contribution in [3.8, 4) is 5.75 Å². The van der Waals surface area contributed by atoms with Gasteiger partial charge in [0.05, 0.1) is 13.2 Å². The van der Waals surface area contributed by atoms with Crippen LogP contribution < -0.4 is 5.32 Å². The number of phenolic OH excluding ortho intramolecular Hbond substituents is 1. The number of ether oxygens (including phenoxy) is 1. The van der Waals surface area contributed by atoms with E-state index in [9.17, 15) is 14.3 Å². The maximum Gasteiger partial charge on any atom is 0.224 e. The van der Waals surface area contributed by atoms with E-state index in [0.29, 0.717) is 51.4 Å². The van der Waals surface area contributed by atoms with Crippen LogP contribution in [0.5, 0.6) is 5.75 Å². The Hall–Kier alpha value is -1.66. The third-order valence-corrected chi connectivity index (χ3v) is 3.27. The lowest BCUT2D eigenvalue weighted by atomic mass is 10.2. The molecule has 2 rings (SSSR count). The number of para-hydroxylation sites is 1. The number of amides is 1. The van der Waals surface area contributed by atoms with Crippen molar-refractivity contribution in [2.24, 2.45) is 0 Å². The number of hydrogen-bond donors (Lipinski definition) is 2. The first-order chi connectivity index (χ1) is 9.68. The van der Waals surface area contributed by atoms with Crippen molar-refractivity contribution >= 4 is 5.91 Å². The highest BCUT2D eigenvalue weighted by Gasteiger charge is 2.16. The Morgan fingerprint density at radius 2 is 2.15 bits per heavy atom. The number of hydrogen-bond acceptors (Lipinski definition) is 4. The van der Waals surface area contributed by atoms with Crippen molar-refractivity contribution in [1.29, 1.82) is 0 Å². The van der Waals surface area contributed by atoms with E-state index in [2.05, 4.69) is 5.32 Å². The molecule has 0 bridgehead atoms. The number of aromatic hydroxyl groups is 1. The Bertz CT molecular complexity index is 462. The second-order valence-electron chi connectivity index (χ2n) is 4.67. The molecule has 1 fully saturated rings. The van der Waals surface area contributed by atoms with Crippen LogP contribution in [-0.4, -0.2) is 48.8 Å². The molecule has 20 heavy (non-hydrogen) atoms. The number of rotatable bonds is 5. The number of morpholine rings is 1. The molecule has 0 atom stereocenters. The summed E-state index contributed by atoms with van der Waals surface area (Å²) in [6, 6.07) is 4.40. The minimum atomic E-state index is -0.631. The number of halogens is 1. The molecular weight excluding hydrogens is 263 g/mol. The van der Waals surface area contributed by atoms with Crippen LogP contribution in [0.15, 0.2) is 18.2 Å². The average molecular weight is 282 g/mol.